The zero-order valence-corrected chi connectivity index (χ0v) is 11.4. The highest BCUT2D eigenvalue weighted by atomic mass is 32.1. The van der Waals surface area contributed by atoms with Gasteiger partial charge in [-0.1, -0.05) is 0 Å². The lowest BCUT2D eigenvalue weighted by atomic mass is 10.3. The van der Waals surface area contributed by atoms with Gasteiger partial charge < -0.3 is 5.11 Å². The predicted molar refractivity (Wildman–Crippen MR) is 78.0 cm³/mol. The molecule has 0 aliphatic rings. The van der Waals surface area contributed by atoms with Crippen molar-refractivity contribution in [2.24, 2.45) is 0 Å². The molecular formula is C14H10N4OS. The van der Waals surface area contributed by atoms with Gasteiger partial charge in [0.25, 0.3) is 0 Å². The summed E-state index contributed by atoms with van der Waals surface area (Å²) in [6.45, 7) is 1.99. The molecule has 20 heavy (non-hydrogen) atoms. The van der Waals surface area contributed by atoms with Crippen LogP contribution in [0.15, 0.2) is 36.7 Å². The average Bonchev–Trinajstić information content (AvgIpc) is 2.97. The van der Waals surface area contributed by atoms with Crippen molar-refractivity contribution in [1.82, 2.24) is 19.6 Å². The first-order valence-electron chi connectivity index (χ1n) is 6.12. The minimum atomic E-state index is 0.278. The SMILES string of the molecule is Cc1nc(-c2ccnnc2)n2c1sc1cc(O)ccc12. The lowest BCUT2D eigenvalue weighted by molar-refractivity contribution is 0.476. The molecule has 0 saturated heterocycles. The lowest BCUT2D eigenvalue weighted by Crippen LogP contribution is -1.89. The fourth-order valence-corrected chi connectivity index (χ4v) is 3.47. The van der Waals surface area contributed by atoms with Crippen LogP contribution in [0.25, 0.3) is 26.4 Å². The number of benzene rings is 1. The standard InChI is InChI=1S/C14H10N4OS/c1-8-14-18(11-3-2-10(19)6-12(11)20-14)13(17-8)9-4-5-15-16-7-9/h2-7,19H,1H3. The summed E-state index contributed by atoms with van der Waals surface area (Å²) in [5.74, 6) is 1.13. The Morgan fingerprint density at radius 2 is 2.10 bits per heavy atom. The highest BCUT2D eigenvalue weighted by molar-refractivity contribution is 7.24. The van der Waals surface area contributed by atoms with Crippen LogP contribution in [0.1, 0.15) is 5.69 Å². The van der Waals surface area contributed by atoms with E-state index in [0.29, 0.717) is 0 Å². The topological polar surface area (TPSA) is 63.3 Å². The average molecular weight is 282 g/mol. The number of imidazole rings is 1. The molecule has 0 saturated carbocycles. The third-order valence-electron chi connectivity index (χ3n) is 3.23. The number of rotatable bonds is 1. The molecule has 0 spiro atoms. The van der Waals surface area contributed by atoms with Crippen molar-refractivity contribution in [2.75, 3.05) is 0 Å². The number of aromatic hydroxyl groups is 1. The molecule has 0 aliphatic carbocycles. The quantitative estimate of drug-likeness (QED) is 0.583. The van der Waals surface area contributed by atoms with Crippen molar-refractivity contribution in [2.45, 2.75) is 6.92 Å². The molecule has 0 unspecified atom stereocenters. The fourth-order valence-electron chi connectivity index (χ4n) is 2.35. The summed E-state index contributed by atoms with van der Waals surface area (Å²) in [6, 6.07) is 7.28. The van der Waals surface area contributed by atoms with Gasteiger partial charge in [0.15, 0.2) is 0 Å². The smallest absolute Gasteiger partial charge is 0.147 e. The Balaban J connectivity index is 2.14. The van der Waals surface area contributed by atoms with E-state index >= 15 is 0 Å². The Labute approximate surface area is 118 Å². The van der Waals surface area contributed by atoms with E-state index < -0.39 is 0 Å². The summed E-state index contributed by atoms with van der Waals surface area (Å²) in [4.78, 5) is 5.72. The zero-order chi connectivity index (χ0) is 13.7. The van der Waals surface area contributed by atoms with Gasteiger partial charge in [0.1, 0.15) is 16.4 Å². The van der Waals surface area contributed by atoms with Gasteiger partial charge >= 0.3 is 0 Å². The van der Waals surface area contributed by atoms with Gasteiger partial charge in [-0.2, -0.15) is 10.2 Å². The Morgan fingerprint density at radius 1 is 1.20 bits per heavy atom. The Kier molecular flexibility index (Phi) is 2.28. The second kappa shape index (κ2) is 4.01. The van der Waals surface area contributed by atoms with Gasteiger partial charge in [0.05, 0.1) is 28.3 Å². The molecule has 4 aromatic rings. The van der Waals surface area contributed by atoms with Gasteiger partial charge in [0, 0.05) is 5.56 Å². The first-order chi connectivity index (χ1) is 9.74. The number of aromatic nitrogens is 4. The van der Waals surface area contributed by atoms with E-state index in [1.807, 2.05) is 19.1 Å². The summed E-state index contributed by atoms with van der Waals surface area (Å²) in [5, 5.41) is 17.3. The monoisotopic (exact) mass is 282 g/mol. The molecule has 1 aromatic carbocycles. The van der Waals surface area contributed by atoms with Crippen LogP contribution in [0.3, 0.4) is 0 Å². The number of hydrogen-bond acceptors (Lipinski definition) is 5. The molecule has 0 radical (unpaired) electrons. The minimum absolute atomic E-state index is 0.278. The highest BCUT2D eigenvalue weighted by Gasteiger charge is 2.15. The molecule has 98 valence electrons. The molecule has 6 heteroatoms. The van der Waals surface area contributed by atoms with E-state index in [9.17, 15) is 5.11 Å². The maximum absolute atomic E-state index is 9.61. The maximum Gasteiger partial charge on any atom is 0.147 e. The van der Waals surface area contributed by atoms with Crippen LogP contribution >= 0.6 is 11.3 Å². The van der Waals surface area contributed by atoms with Crippen LogP contribution in [0.2, 0.25) is 0 Å². The van der Waals surface area contributed by atoms with E-state index in [2.05, 4.69) is 19.6 Å². The summed E-state index contributed by atoms with van der Waals surface area (Å²) in [6.07, 6.45) is 3.37. The normalized spacial score (nSPS) is 11.4. The van der Waals surface area contributed by atoms with E-state index in [1.165, 1.54) is 0 Å². The van der Waals surface area contributed by atoms with Gasteiger partial charge in [-0.15, -0.1) is 11.3 Å². The van der Waals surface area contributed by atoms with Gasteiger partial charge in [0.2, 0.25) is 0 Å². The van der Waals surface area contributed by atoms with E-state index in [-0.39, 0.29) is 5.75 Å². The number of thiazole rings is 1. The fraction of sp³-hybridized carbons (Fsp3) is 0.0714. The van der Waals surface area contributed by atoms with Crippen LogP contribution in [-0.2, 0) is 0 Å². The van der Waals surface area contributed by atoms with Crippen LogP contribution < -0.4 is 0 Å². The number of aryl methyl sites for hydroxylation is 1. The number of fused-ring (bicyclic) bond motifs is 3. The number of phenols is 1. The predicted octanol–water partition coefficient (Wildman–Crippen LogP) is 3.02. The van der Waals surface area contributed by atoms with Gasteiger partial charge in [-0.3, -0.25) is 4.40 Å². The molecule has 0 aliphatic heterocycles. The van der Waals surface area contributed by atoms with Crippen LogP contribution in [0, 0.1) is 6.92 Å². The minimum Gasteiger partial charge on any atom is -0.508 e. The molecule has 0 fully saturated rings. The van der Waals surface area contributed by atoms with Crippen molar-refractivity contribution in [3.05, 3.63) is 42.4 Å². The van der Waals surface area contributed by atoms with Crippen molar-refractivity contribution in [3.63, 3.8) is 0 Å². The van der Waals surface area contributed by atoms with Crippen LogP contribution in [0.4, 0.5) is 0 Å². The molecule has 3 aromatic heterocycles. The molecular weight excluding hydrogens is 272 g/mol. The molecule has 4 rings (SSSR count). The molecule has 5 nitrogen and oxygen atoms in total. The third-order valence-corrected chi connectivity index (χ3v) is 4.45. The first-order valence-corrected chi connectivity index (χ1v) is 6.93. The number of hydrogen-bond donors (Lipinski definition) is 1. The van der Waals surface area contributed by atoms with Crippen molar-refractivity contribution in [3.8, 4) is 17.1 Å². The van der Waals surface area contributed by atoms with Crippen LogP contribution in [-0.4, -0.2) is 24.7 Å². The molecule has 0 amide bonds. The van der Waals surface area contributed by atoms with Crippen LogP contribution in [0.5, 0.6) is 5.75 Å². The maximum atomic E-state index is 9.61. The van der Waals surface area contributed by atoms with Gasteiger partial charge in [-0.25, -0.2) is 4.98 Å². The zero-order valence-electron chi connectivity index (χ0n) is 10.6. The largest absolute Gasteiger partial charge is 0.508 e. The molecule has 0 bridgehead atoms. The Morgan fingerprint density at radius 3 is 2.90 bits per heavy atom. The first kappa shape index (κ1) is 11.4. The molecule has 3 heterocycles. The second-order valence-electron chi connectivity index (χ2n) is 4.55. The third kappa shape index (κ3) is 1.51. The Bertz CT molecular complexity index is 927. The second-order valence-corrected chi connectivity index (χ2v) is 5.58. The Hall–Kier alpha value is -2.47. The summed E-state index contributed by atoms with van der Waals surface area (Å²) in [7, 11) is 0. The van der Waals surface area contributed by atoms with Crippen molar-refractivity contribution < 1.29 is 5.11 Å². The van der Waals surface area contributed by atoms with E-state index in [1.54, 1.807) is 35.9 Å². The van der Waals surface area contributed by atoms with E-state index in [0.717, 1.165) is 32.1 Å². The van der Waals surface area contributed by atoms with Crippen molar-refractivity contribution >= 4 is 26.4 Å². The summed E-state index contributed by atoms with van der Waals surface area (Å²) >= 11 is 1.62. The van der Waals surface area contributed by atoms with Gasteiger partial charge in [-0.05, 0) is 31.2 Å². The highest BCUT2D eigenvalue weighted by Crippen LogP contribution is 2.34. The van der Waals surface area contributed by atoms with E-state index in [4.69, 9.17) is 0 Å². The molecule has 1 N–H and O–H groups in total. The summed E-state index contributed by atoms with van der Waals surface area (Å²) < 4.78 is 3.14. The number of phenolic OH excluding ortho intramolecular Hbond substituents is 1. The number of nitrogens with zero attached hydrogens (tertiary/aromatic N) is 4. The lowest BCUT2D eigenvalue weighted by Gasteiger charge is -1.99. The van der Waals surface area contributed by atoms with Crippen molar-refractivity contribution in [1.29, 1.82) is 0 Å². The molecule has 0 atom stereocenters. The summed E-state index contributed by atoms with van der Waals surface area (Å²) in [5.41, 5.74) is 2.93.